The van der Waals surface area contributed by atoms with Crippen molar-refractivity contribution < 1.29 is 41.0 Å². The van der Waals surface area contributed by atoms with E-state index < -0.39 is 42.7 Å². The maximum Gasteiger partial charge on any atom is 0.417 e. The van der Waals surface area contributed by atoms with Crippen LogP contribution in [0.2, 0.25) is 0 Å². The van der Waals surface area contributed by atoms with Crippen LogP contribution < -0.4 is 5.32 Å². The SMILES string of the molecule is C=C/C(C1=CCC=C(CN2CC=CC3=NC(C(/C=C\CC)=C(\F)CF)=NC3CC2)C=C1)=C(\C=C(/C)OCC(=O)Nc1ccsc1C(=O)OC)C(F)(F)F. The normalized spacial score (nSPS) is 19.1. The second-order valence-corrected chi connectivity index (χ2v) is 12.9. The number of hydrogen-bond acceptors (Lipinski definition) is 8. The van der Waals surface area contributed by atoms with E-state index in [0.717, 1.165) is 29.1 Å². The molecule has 1 aromatic heterocycles. The number of fused-ring (bicyclic) bond motifs is 1. The molecule has 282 valence electrons. The van der Waals surface area contributed by atoms with Gasteiger partial charge >= 0.3 is 12.1 Å². The first-order valence-corrected chi connectivity index (χ1v) is 17.7. The van der Waals surface area contributed by atoms with E-state index in [1.807, 2.05) is 25.2 Å². The van der Waals surface area contributed by atoms with E-state index in [9.17, 15) is 31.5 Å². The molecule has 1 atom stereocenters. The first-order valence-electron chi connectivity index (χ1n) is 16.8. The van der Waals surface area contributed by atoms with Crippen LogP contribution in [0.3, 0.4) is 0 Å². The molecule has 0 bridgehead atoms. The summed E-state index contributed by atoms with van der Waals surface area (Å²) in [6.07, 6.45) is 12.8. The van der Waals surface area contributed by atoms with Crippen molar-refractivity contribution in [3.63, 3.8) is 0 Å². The van der Waals surface area contributed by atoms with Gasteiger partial charge in [-0.2, -0.15) is 13.2 Å². The monoisotopic (exact) mass is 756 g/mol. The second kappa shape index (κ2) is 19.2. The fourth-order valence-corrected chi connectivity index (χ4v) is 6.36. The number of thiophene rings is 1. The van der Waals surface area contributed by atoms with Crippen molar-refractivity contribution in [3.05, 3.63) is 123 Å². The van der Waals surface area contributed by atoms with Gasteiger partial charge < -0.3 is 14.8 Å². The fraction of sp³-hybridized carbons (Fsp3) is 0.333. The van der Waals surface area contributed by atoms with E-state index in [1.165, 1.54) is 26.2 Å². The molecule has 1 N–H and O–H groups in total. The van der Waals surface area contributed by atoms with E-state index in [4.69, 9.17) is 4.74 Å². The lowest BCUT2D eigenvalue weighted by Crippen LogP contribution is -2.32. The molecular weight excluding hydrogens is 716 g/mol. The summed E-state index contributed by atoms with van der Waals surface area (Å²) in [7, 11) is 1.21. The van der Waals surface area contributed by atoms with Crippen LogP contribution in [0.25, 0.3) is 0 Å². The van der Waals surface area contributed by atoms with Crippen molar-refractivity contribution >= 4 is 40.4 Å². The Morgan fingerprint density at radius 2 is 1.98 bits per heavy atom. The number of nitrogens with zero attached hydrogens (tertiary/aromatic N) is 3. The first-order chi connectivity index (χ1) is 25.4. The lowest BCUT2D eigenvalue weighted by atomic mass is 9.97. The van der Waals surface area contributed by atoms with Crippen LogP contribution in [-0.2, 0) is 14.3 Å². The quantitative estimate of drug-likeness (QED) is 0.0887. The highest BCUT2D eigenvalue weighted by atomic mass is 32.1. The van der Waals surface area contributed by atoms with Crippen molar-refractivity contribution in [1.29, 1.82) is 0 Å². The molecule has 1 amide bonds. The third-order valence-corrected chi connectivity index (χ3v) is 9.09. The number of alkyl halides is 4. The Morgan fingerprint density at radius 3 is 2.68 bits per heavy atom. The van der Waals surface area contributed by atoms with Crippen LogP contribution >= 0.6 is 11.3 Å². The van der Waals surface area contributed by atoms with E-state index >= 15 is 0 Å². The maximum absolute atomic E-state index is 14.4. The topological polar surface area (TPSA) is 92.6 Å². The van der Waals surface area contributed by atoms with Gasteiger partial charge in [0.05, 0.1) is 41.5 Å². The molecule has 4 rings (SSSR count). The zero-order valence-corrected chi connectivity index (χ0v) is 30.5. The number of halogens is 5. The molecular formula is C39H41F5N4O4S. The van der Waals surface area contributed by atoms with Gasteiger partial charge in [0.2, 0.25) is 0 Å². The minimum Gasteiger partial charge on any atom is -0.488 e. The number of hydrogen-bond donors (Lipinski definition) is 1. The maximum atomic E-state index is 14.4. The Labute approximate surface area is 309 Å². The van der Waals surface area contributed by atoms with Crippen LogP contribution in [0.15, 0.2) is 128 Å². The molecule has 0 radical (unpaired) electrons. The van der Waals surface area contributed by atoms with Crippen molar-refractivity contribution in [2.24, 2.45) is 9.98 Å². The molecule has 0 aromatic carbocycles. The molecule has 0 saturated carbocycles. The lowest BCUT2D eigenvalue weighted by Gasteiger charge is -2.24. The summed E-state index contributed by atoms with van der Waals surface area (Å²) in [6, 6.07) is 1.19. The van der Waals surface area contributed by atoms with E-state index in [1.54, 1.807) is 29.7 Å². The Balaban J connectivity index is 1.43. The Hall–Kier alpha value is -4.95. The molecule has 1 aromatic rings. The first kappa shape index (κ1) is 40.8. The number of carbonyl (C=O) groups is 2. The third kappa shape index (κ3) is 11.3. The average molecular weight is 757 g/mol. The highest BCUT2D eigenvalue weighted by molar-refractivity contribution is 7.12. The number of esters is 1. The van der Waals surface area contributed by atoms with Gasteiger partial charge in [0.15, 0.2) is 12.4 Å². The van der Waals surface area contributed by atoms with Crippen molar-refractivity contribution in [1.82, 2.24) is 4.90 Å². The van der Waals surface area contributed by atoms with Crippen LogP contribution in [0.5, 0.6) is 0 Å². The molecule has 1 aliphatic carbocycles. The Kier molecular flexibility index (Phi) is 14.8. The second-order valence-electron chi connectivity index (χ2n) is 12.0. The molecule has 3 aliphatic rings. The van der Waals surface area contributed by atoms with Gasteiger partial charge in [0, 0.05) is 19.6 Å². The van der Waals surface area contributed by atoms with Gasteiger partial charge in [-0.05, 0) is 66.5 Å². The van der Waals surface area contributed by atoms with Gasteiger partial charge in [-0.25, -0.2) is 18.6 Å². The van der Waals surface area contributed by atoms with Crippen LogP contribution in [-0.4, -0.2) is 80.6 Å². The molecule has 0 spiro atoms. The zero-order chi connectivity index (χ0) is 38.5. The van der Waals surface area contributed by atoms with Gasteiger partial charge in [-0.1, -0.05) is 62.1 Å². The smallest absolute Gasteiger partial charge is 0.417 e. The number of nitrogens with one attached hydrogen (secondary N) is 1. The number of rotatable bonds is 14. The predicted octanol–water partition coefficient (Wildman–Crippen LogP) is 8.89. The predicted molar refractivity (Wildman–Crippen MR) is 200 cm³/mol. The third-order valence-electron chi connectivity index (χ3n) is 8.20. The number of aliphatic imine (C=N–C) groups is 2. The van der Waals surface area contributed by atoms with E-state index in [2.05, 4.69) is 31.5 Å². The number of methoxy groups -OCH3 is 1. The number of amides is 1. The minimum atomic E-state index is -4.78. The van der Waals surface area contributed by atoms with Crippen molar-refractivity contribution in [2.45, 2.75) is 45.3 Å². The number of allylic oxidation sites excluding steroid dienone is 11. The zero-order valence-electron chi connectivity index (χ0n) is 29.6. The van der Waals surface area contributed by atoms with Crippen LogP contribution in [0, 0.1) is 0 Å². The lowest BCUT2D eigenvalue weighted by molar-refractivity contribution is -0.119. The van der Waals surface area contributed by atoms with Crippen LogP contribution in [0.1, 0.15) is 42.8 Å². The van der Waals surface area contributed by atoms with Crippen molar-refractivity contribution in [2.75, 3.05) is 45.3 Å². The molecule has 53 heavy (non-hydrogen) atoms. The Bertz CT molecular complexity index is 1870. The Morgan fingerprint density at radius 1 is 1.19 bits per heavy atom. The number of anilines is 1. The summed E-state index contributed by atoms with van der Waals surface area (Å²) in [6.45, 7) is 6.72. The average Bonchev–Trinajstić information content (AvgIpc) is 3.68. The largest absolute Gasteiger partial charge is 0.488 e. The molecule has 0 fully saturated rings. The van der Waals surface area contributed by atoms with E-state index in [-0.39, 0.29) is 39.3 Å². The highest BCUT2D eigenvalue weighted by Crippen LogP contribution is 2.35. The summed E-state index contributed by atoms with van der Waals surface area (Å²) in [5.41, 5.74) is 1.01. The molecule has 2 aliphatic heterocycles. The molecule has 8 nitrogen and oxygen atoms in total. The van der Waals surface area contributed by atoms with Gasteiger partial charge in [-0.3, -0.25) is 14.7 Å². The van der Waals surface area contributed by atoms with Crippen molar-refractivity contribution in [3.8, 4) is 0 Å². The molecule has 1 unspecified atom stereocenters. The molecule has 0 saturated heterocycles. The fourth-order valence-electron chi connectivity index (χ4n) is 5.60. The standard InChI is InChI=1S/C39H41F5N4O4S/c1-5-7-12-29(31(41)22-40)37-46-32-13-9-18-48(19-16-33(32)47-37)23-26-10-8-11-27(15-14-26)28(6-2)30(39(42,43)44)21-25(3)52-24-35(49)45-34-17-20-53-36(34)38(50)51-4/h6-7,9-15,17,20-21,33H,2,5,8,16,18-19,22-24H2,1,3-4H3,(H,45,49)/b12-7-,13-9?,25-21+,30-28-,31-29-. The van der Waals surface area contributed by atoms with E-state index in [0.29, 0.717) is 50.2 Å². The molecule has 3 heterocycles. The number of amidine groups is 1. The summed E-state index contributed by atoms with van der Waals surface area (Å²) in [5.74, 6) is -2.20. The van der Waals surface area contributed by atoms with Gasteiger partial charge in [-0.15, -0.1) is 11.3 Å². The summed E-state index contributed by atoms with van der Waals surface area (Å²) < 4.78 is 80.9. The minimum absolute atomic E-state index is 0.0460. The molecule has 14 heteroatoms. The van der Waals surface area contributed by atoms with Gasteiger partial charge in [0.25, 0.3) is 5.91 Å². The van der Waals surface area contributed by atoms with Crippen LogP contribution in [0.4, 0.5) is 27.6 Å². The number of ether oxygens (including phenoxy) is 2. The van der Waals surface area contributed by atoms with Gasteiger partial charge in [0.1, 0.15) is 17.4 Å². The summed E-state index contributed by atoms with van der Waals surface area (Å²) in [5, 5.41) is 4.09. The number of carbonyl (C=O) groups excluding carboxylic acids is 2. The summed E-state index contributed by atoms with van der Waals surface area (Å²) in [4.78, 5) is 35.8. The summed E-state index contributed by atoms with van der Waals surface area (Å²) >= 11 is 1.07. The highest BCUT2D eigenvalue weighted by Gasteiger charge is 2.35.